The van der Waals surface area contributed by atoms with Crippen LogP contribution in [0.25, 0.3) is 0 Å². The molecule has 0 N–H and O–H groups in total. The molecule has 1 saturated carbocycles. The van der Waals surface area contributed by atoms with Crippen molar-refractivity contribution in [3.05, 3.63) is 23.8 Å². The van der Waals surface area contributed by atoms with Crippen molar-refractivity contribution in [2.75, 3.05) is 34.9 Å². The van der Waals surface area contributed by atoms with Gasteiger partial charge in [0.15, 0.2) is 11.5 Å². The molecule has 3 atom stereocenters. The largest absolute Gasteiger partial charge is 0.493 e. The molecule has 1 aromatic rings. The molecule has 1 spiro atoms. The molecule has 3 fully saturated rings. The van der Waals surface area contributed by atoms with Gasteiger partial charge < -0.3 is 19.3 Å². The summed E-state index contributed by atoms with van der Waals surface area (Å²) < 4.78 is 11.0. The second-order valence-corrected chi connectivity index (χ2v) is 8.35. The molecule has 142 valence electrons. The molecule has 0 radical (unpaired) electrons. The predicted molar refractivity (Wildman–Crippen MR) is 101 cm³/mol. The number of rotatable bonds is 3. The lowest BCUT2D eigenvalue weighted by molar-refractivity contribution is -0.131. The molecule has 3 aliphatic rings. The van der Waals surface area contributed by atoms with E-state index in [4.69, 9.17) is 9.47 Å². The topological polar surface area (TPSA) is 42.0 Å². The van der Waals surface area contributed by atoms with Crippen LogP contribution >= 0.6 is 0 Å². The van der Waals surface area contributed by atoms with E-state index in [1.807, 2.05) is 13.1 Å². The molecular weight excluding hydrogens is 328 g/mol. The Morgan fingerprint density at radius 3 is 2.46 bits per heavy atom. The number of amides is 1. The number of likely N-dealkylation sites (tertiary alicyclic amines) is 2. The van der Waals surface area contributed by atoms with E-state index in [1.165, 1.54) is 5.56 Å². The molecule has 2 saturated heterocycles. The third-order valence-corrected chi connectivity index (χ3v) is 7.54. The number of nitrogens with zero attached hydrogens (tertiary/aromatic N) is 2. The SMILES string of the molecule is COc1ccc(C23CCN(C)C2CC2(CCC(=O)N2C)CC3)cc1OC. The minimum absolute atomic E-state index is 0.0560. The first-order valence-corrected chi connectivity index (χ1v) is 9.65. The van der Waals surface area contributed by atoms with Crippen LogP contribution in [0.4, 0.5) is 0 Å². The molecular formula is C21H30N2O3. The van der Waals surface area contributed by atoms with Crippen molar-refractivity contribution in [2.24, 2.45) is 0 Å². The zero-order valence-electron chi connectivity index (χ0n) is 16.4. The molecule has 2 aliphatic heterocycles. The Morgan fingerprint density at radius 2 is 1.81 bits per heavy atom. The smallest absolute Gasteiger partial charge is 0.222 e. The maximum atomic E-state index is 12.2. The number of methoxy groups -OCH3 is 2. The average Bonchev–Trinajstić information content (AvgIpc) is 3.14. The van der Waals surface area contributed by atoms with Crippen molar-refractivity contribution in [2.45, 2.75) is 55.5 Å². The Bertz CT molecular complexity index is 721. The first-order valence-electron chi connectivity index (χ1n) is 9.65. The molecule has 2 heterocycles. The summed E-state index contributed by atoms with van der Waals surface area (Å²) in [4.78, 5) is 16.8. The van der Waals surface area contributed by atoms with Gasteiger partial charge >= 0.3 is 0 Å². The summed E-state index contributed by atoms with van der Waals surface area (Å²) in [6, 6.07) is 6.89. The van der Waals surface area contributed by atoms with Crippen LogP contribution in [0.2, 0.25) is 0 Å². The third-order valence-electron chi connectivity index (χ3n) is 7.54. The Kier molecular flexibility index (Phi) is 4.18. The number of carbonyl (C=O) groups is 1. The van der Waals surface area contributed by atoms with Crippen molar-refractivity contribution in [1.29, 1.82) is 0 Å². The molecule has 5 nitrogen and oxygen atoms in total. The van der Waals surface area contributed by atoms with E-state index in [0.717, 1.165) is 50.1 Å². The second kappa shape index (κ2) is 6.15. The predicted octanol–water partition coefficient (Wildman–Crippen LogP) is 2.82. The van der Waals surface area contributed by atoms with E-state index < -0.39 is 0 Å². The maximum absolute atomic E-state index is 12.2. The first-order chi connectivity index (χ1) is 12.5. The summed E-state index contributed by atoms with van der Waals surface area (Å²) >= 11 is 0. The fourth-order valence-corrected chi connectivity index (χ4v) is 5.78. The van der Waals surface area contributed by atoms with Gasteiger partial charge in [-0.15, -0.1) is 0 Å². The number of benzene rings is 1. The van der Waals surface area contributed by atoms with Gasteiger partial charge in [-0.25, -0.2) is 0 Å². The van der Waals surface area contributed by atoms with Crippen molar-refractivity contribution in [1.82, 2.24) is 9.80 Å². The zero-order valence-corrected chi connectivity index (χ0v) is 16.4. The standard InChI is InChI=1S/C21H30N2O3/c1-22-12-11-21(15-5-6-16(25-3)17(13-15)26-4)10-9-20(14-18(21)22)8-7-19(24)23(20)2/h5-6,13,18H,7-12,14H2,1-4H3. The molecule has 0 aromatic heterocycles. The highest BCUT2D eigenvalue weighted by molar-refractivity contribution is 5.79. The lowest BCUT2D eigenvalue weighted by atomic mass is 9.60. The van der Waals surface area contributed by atoms with Crippen LogP contribution in [0.5, 0.6) is 11.5 Å². The minimum Gasteiger partial charge on any atom is -0.493 e. The molecule has 1 aliphatic carbocycles. The number of likely N-dealkylation sites (N-methyl/N-ethyl adjacent to an activating group) is 1. The highest BCUT2D eigenvalue weighted by Crippen LogP contribution is 2.55. The van der Waals surface area contributed by atoms with Gasteiger partial charge in [-0.3, -0.25) is 4.79 Å². The van der Waals surface area contributed by atoms with Crippen LogP contribution in [0, 0.1) is 0 Å². The number of fused-ring (bicyclic) bond motifs is 1. The van der Waals surface area contributed by atoms with Gasteiger partial charge in [-0.05, 0) is 63.4 Å². The van der Waals surface area contributed by atoms with Crippen LogP contribution in [0.1, 0.15) is 44.1 Å². The molecule has 26 heavy (non-hydrogen) atoms. The van der Waals surface area contributed by atoms with E-state index in [0.29, 0.717) is 18.4 Å². The minimum atomic E-state index is 0.0560. The first kappa shape index (κ1) is 17.7. The van der Waals surface area contributed by atoms with Crippen molar-refractivity contribution in [3.8, 4) is 11.5 Å². The molecule has 3 unspecified atom stereocenters. The Balaban J connectivity index is 1.71. The molecule has 0 bridgehead atoms. The van der Waals surface area contributed by atoms with Crippen molar-refractivity contribution >= 4 is 5.91 Å². The van der Waals surface area contributed by atoms with Gasteiger partial charge in [0.25, 0.3) is 0 Å². The van der Waals surface area contributed by atoms with E-state index in [-0.39, 0.29) is 11.0 Å². The van der Waals surface area contributed by atoms with Crippen molar-refractivity contribution in [3.63, 3.8) is 0 Å². The molecule has 4 rings (SSSR count). The van der Waals surface area contributed by atoms with E-state index in [1.54, 1.807) is 14.2 Å². The monoisotopic (exact) mass is 358 g/mol. The fraction of sp³-hybridized carbons (Fsp3) is 0.667. The Morgan fingerprint density at radius 1 is 1.04 bits per heavy atom. The lowest BCUT2D eigenvalue weighted by Crippen LogP contribution is -2.56. The van der Waals surface area contributed by atoms with Gasteiger partial charge in [0.1, 0.15) is 0 Å². The van der Waals surface area contributed by atoms with Gasteiger partial charge in [0, 0.05) is 30.5 Å². The van der Waals surface area contributed by atoms with Crippen LogP contribution in [-0.4, -0.2) is 62.1 Å². The van der Waals surface area contributed by atoms with Crippen molar-refractivity contribution < 1.29 is 14.3 Å². The fourth-order valence-electron chi connectivity index (χ4n) is 5.78. The Hall–Kier alpha value is -1.75. The quantitative estimate of drug-likeness (QED) is 0.833. The van der Waals surface area contributed by atoms with Crippen LogP contribution in [0.3, 0.4) is 0 Å². The normalized spacial score (nSPS) is 34.4. The maximum Gasteiger partial charge on any atom is 0.222 e. The number of carbonyl (C=O) groups excluding carboxylic acids is 1. The highest BCUT2D eigenvalue weighted by Gasteiger charge is 2.57. The molecule has 1 amide bonds. The van der Waals surface area contributed by atoms with Gasteiger partial charge in [-0.1, -0.05) is 6.07 Å². The second-order valence-electron chi connectivity index (χ2n) is 8.35. The van der Waals surface area contributed by atoms with Gasteiger partial charge in [0.2, 0.25) is 5.91 Å². The summed E-state index contributed by atoms with van der Waals surface area (Å²) in [6.45, 7) is 1.10. The Labute approximate surface area is 156 Å². The summed E-state index contributed by atoms with van der Waals surface area (Å²) in [6.07, 6.45) is 6.16. The van der Waals surface area contributed by atoms with E-state index in [2.05, 4.69) is 29.0 Å². The molecule has 1 aromatic carbocycles. The number of hydrogen-bond acceptors (Lipinski definition) is 4. The molecule has 5 heteroatoms. The third kappa shape index (κ3) is 2.36. The van der Waals surface area contributed by atoms with Gasteiger partial charge in [-0.2, -0.15) is 0 Å². The van der Waals surface area contributed by atoms with E-state index >= 15 is 0 Å². The van der Waals surface area contributed by atoms with Gasteiger partial charge in [0.05, 0.1) is 14.2 Å². The van der Waals surface area contributed by atoms with Crippen LogP contribution < -0.4 is 9.47 Å². The lowest BCUT2D eigenvalue weighted by Gasteiger charge is -2.51. The summed E-state index contributed by atoms with van der Waals surface area (Å²) in [7, 11) is 7.63. The summed E-state index contributed by atoms with van der Waals surface area (Å²) in [5.41, 5.74) is 1.55. The van der Waals surface area contributed by atoms with Crippen LogP contribution in [0.15, 0.2) is 18.2 Å². The number of ether oxygens (including phenoxy) is 2. The van der Waals surface area contributed by atoms with Crippen LogP contribution in [-0.2, 0) is 10.2 Å². The zero-order chi connectivity index (χ0) is 18.5. The summed E-state index contributed by atoms with van der Waals surface area (Å²) in [5, 5.41) is 0. The highest BCUT2D eigenvalue weighted by atomic mass is 16.5. The average molecular weight is 358 g/mol. The summed E-state index contributed by atoms with van der Waals surface area (Å²) in [5.74, 6) is 1.90. The number of hydrogen-bond donors (Lipinski definition) is 0. The van der Waals surface area contributed by atoms with E-state index in [9.17, 15) is 4.79 Å².